The van der Waals surface area contributed by atoms with E-state index in [4.69, 9.17) is 10.5 Å². The molecule has 1 aliphatic rings. The number of aryl methyl sites for hydroxylation is 1. The smallest absolute Gasteiger partial charge is 0.265 e. The maximum Gasteiger partial charge on any atom is 0.265 e. The number of primary amides is 1. The van der Waals surface area contributed by atoms with Gasteiger partial charge in [0.1, 0.15) is 17.2 Å². The van der Waals surface area contributed by atoms with Gasteiger partial charge in [0.05, 0.1) is 0 Å². The van der Waals surface area contributed by atoms with Gasteiger partial charge in [-0.2, -0.15) is 4.31 Å². The predicted molar refractivity (Wildman–Crippen MR) is 85.8 cm³/mol. The van der Waals surface area contributed by atoms with Crippen LogP contribution >= 0.6 is 0 Å². The molecule has 1 aromatic heterocycles. The normalized spacial score (nSPS) is 16.3. The molecule has 0 unspecified atom stereocenters. The highest BCUT2D eigenvalue weighted by molar-refractivity contribution is 7.89. The molecule has 2 rings (SSSR count). The van der Waals surface area contributed by atoms with E-state index >= 15 is 0 Å². The number of hydrogen-bond donors (Lipinski definition) is 1. The first-order chi connectivity index (χ1) is 11.3. The summed E-state index contributed by atoms with van der Waals surface area (Å²) in [6, 6.07) is 1.27. The number of aromatic nitrogens is 1. The maximum atomic E-state index is 12.7. The summed E-state index contributed by atoms with van der Waals surface area (Å²) in [7, 11) is -2.17. The van der Waals surface area contributed by atoms with E-state index < -0.39 is 15.9 Å². The average Bonchev–Trinajstić information content (AvgIpc) is 2.95. The van der Waals surface area contributed by atoms with Crippen LogP contribution in [0.1, 0.15) is 17.4 Å². The van der Waals surface area contributed by atoms with Crippen LogP contribution in [0.4, 0.5) is 0 Å². The fraction of sp³-hybridized carbons (Fsp3) is 0.571. The maximum absolute atomic E-state index is 12.7. The Bertz CT molecular complexity index is 720. The fourth-order valence-electron chi connectivity index (χ4n) is 2.53. The highest BCUT2D eigenvalue weighted by Gasteiger charge is 2.31. The van der Waals surface area contributed by atoms with E-state index in [0.717, 1.165) is 0 Å². The first-order valence-electron chi connectivity index (χ1n) is 7.59. The molecule has 1 saturated heterocycles. The molecule has 10 heteroatoms. The predicted octanol–water partition coefficient (Wildman–Crippen LogP) is -1.01. The van der Waals surface area contributed by atoms with Crippen molar-refractivity contribution in [3.63, 3.8) is 0 Å². The standard InChI is InChI=1S/C14H22N4O5S/c1-3-23-10-13(19)17-4-6-18(7-5-17)24(21,22)11-8-12(14(15)20)16(2)9-11/h8-9H,3-7,10H2,1-2H3,(H2,15,20). The van der Waals surface area contributed by atoms with E-state index in [0.29, 0.717) is 19.7 Å². The number of nitrogens with two attached hydrogens (primary N) is 1. The van der Waals surface area contributed by atoms with Crippen LogP contribution in [-0.4, -0.2) is 73.4 Å². The van der Waals surface area contributed by atoms with Gasteiger partial charge in [0, 0.05) is 46.0 Å². The van der Waals surface area contributed by atoms with E-state index in [9.17, 15) is 18.0 Å². The molecule has 0 atom stereocenters. The van der Waals surface area contributed by atoms with Crippen molar-refractivity contribution in [3.8, 4) is 0 Å². The van der Waals surface area contributed by atoms with Gasteiger partial charge in [-0.1, -0.05) is 0 Å². The first kappa shape index (κ1) is 18.4. The summed E-state index contributed by atoms with van der Waals surface area (Å²) in [5.74, 6) is -0.838. The third kappa shape index (κ3) is 3.77. The number of hydrogen-bond acceptors (Lipinski definition) is 5. The van der Waals surface area contributed by atoms with Crippen molar-refractivity contribution in [2.75, 3.05) is 39.4 Å². The lowest BCUT2D eigenvalue weighted by molar-refractivity contribution is -0.137. The Balaban J connectivity index is 2.06. The fourth-order valence-corrected chi connectivity index (χ4v) is 4.02. The molecular weight excluding hydrogens is 336 g/mol. The van der Waals surface area contributed by atoms with Crippen LogP contribution in [0.5, 0.6) is 0 Å². The third-order valence-corrected chi connectivity index (χ3v) is 5.76. The van der Waals surface area contributed by atoms with Gasteiger partial charge in [-0.15, -0.1) is 0 Å². The summed E-state index contributed by atoms with van der Waals surface area (Å²) in [5.41, 5.74) is 5.34. The summed E-state index contributed by atoms with van der Waals surface area (Å²) in [6.45, 7) is 3.27. The van der Waals surface area contributed by atoms with Crippen molar-refractivity contribution in [3.05, 3.63) is 18.0 Å². The van der Waals surface area contributed by atoms with Gasteiger partial charge in [-0.25, -0.2) is 8.42 Å². The monoisotopic (exact) mass is 358 g/mol. The van der Waals surface area contributed by atoms with Crippen molar-refractivity contribution < 1.29 is 22.7 Å². The summed E-state index contributed by atoms with van der Waals surface area (Å²) >= 11 is 0. The van der Waals surface area contributed by atoms with E-state index in [2.05, 4.69) is 0 Å². The number of sulfonamides is 1. The molecular formula is C14H22N4O5S. The molecule has 0 aliphatic carbocycles. The van der Waals surface area contributed by atoms with Crippen LogP contribution in [0, 0.1) is 0 Å². The van der Waals surface area contributed by atoms with Crippen molar-refractivity contribution in [1.82, 2.24) is 13.8 Å². The SMILES string of the molecule is CCOCC(=O)N1CCN(S(=O)(=O)c2cc(C(N)=O)n(C)c2)CC1. The minimum absolute atomic E-state index is 0.00388. The second-order valence-electron chi connectivity index (χ2n) is 5.46. The molecule has 134 valence electrons. The summed E-state index contributed by atoms with van der Waals surface area (Å²) < 4.78 is 33.1. The minimum atomic E-state index is -3.73. The summed E-state index contributed by atoms with van der Waals surface area (Å²) in [4.78, 5) is 24.8. The second kappa shape index (κ2) is 7.32. The van der Waals surface area contributed by atoms with Crippen LogP contribution < -0.4 is 5.73 Å². The van der Waals surface area contributed by atoms with Crippen molar-refractivity contribution in [2.24, 2.45) is 12.8 Å². The Morgan fingerprint density at radius 3 is 2.38 bits per heavy atom. The zero-order valence-electron chi connectivity index (χ0n) is 13.8. The highest BCUT2D eigenvalue weighted by atomic mass is 32.2. The molecule has 0 spiro atoms. The van der Waals surface area contributed by atoms with Crippen LogP contribution in [-0.2, 0) is 26.6 Å². The van der Waals surface area contributed by atoms with Crippen LogP contribution in [0.2, 0.25) is 0 Å². The Labute approximate surface area is 141 Å². The Morgan fingerprint density at radius 1 is 1.25 bits per heavy atom. The van der Waals surface area contributed by atoms with Gasteiger partial charge >= 0.3 is 0 Å². The Hall–Kier alpha value is -1.91. The first-order valence-corrected chi connectivity index (χ1v) is 9.03. The topological polar surface area (TPSA) is 115 Å². The van der Waals surface area contributed by atoms with Crippen LogP contribution in [0.25, 0.3) is 0 Å². The minimum Gasteiger partial charge on any atom is -0.372 e. The molecule has 0 radical (unpaired) electrons. The van der Waals surface area contributed by atoms with Crippen molar-refractivity contribution >= 4 is 21.8 Å². The molecule has 1 fully saturated rings. The molecule has 24 heavy (non-hydrogen) atoms. The Morgan fingerprint density at radius 2 is 1.88 bits per heavy atom. The molecule has 1 aromatic rings. The van der Waals surface area contributed by atoms with E-state index in [1.165, 1.54) is 21.1 Å². The Kier molecular flexibility index (Phi) is 5.62. The molecule has 2 N–H and O–H groups in total. The molecule has 9 nitrogen and oxygen atoms in total. The summed E-state index contributed by atoms with van der Waals surface area (Å²) in [5, 5.41) is 0. The number of carbonyl (C=O) groups excluding carboxylic acids is 2. The van der Waals surface area contributed by atoms with E-state index in [1.54, 1.807) is 18.9 Å². The molecule has 0 bridgehead atoms. The molecule has 2 heterocycles. The number of carbonyl (C=O) groups is 2. The zero-order valence-corrected chi connectivity index (χ0v) is 14.6. The van der Waals surface area contributed by atoms with E-state index in [-0.39, 0.29) is 36.2 Å². The number of piperazine rings is 1. The lowest BCUT2D eigenvalue weighted by Crippen LogP contribution is -2.51. The summed E-state index contributed by atoms with van der Waals surface area (Å²) in [6.07, 6.45) is 1.36. The van der Waals surface area contributed by atoms with Gasteiger partial charge in [-0.05, 0) is 13.0 Å². The van der Waals surface area contributed by atoms with Gasteiger partial charge in [0.25, 0.3) is 5.91 Å². The van der Waals surface area contributed by atoms with Gasteiger partial charge in [0.2, 0.25) is 15.9 Å². The zero-order chi connectivity index (χ0) is 17.9. The van der Waals surface area contributed by atoms with Crippen molar-refractivity contribution in [2.45, 2.75) is 11.8 Å². The number of ether oxygens (including phenoxy) is 1. The molecule has 0 aromatic carbocycles. The van der Waals surface area contributed by atoms with Crippen molar-refractivity contribution in [1.29, 1.82) is 0 Å². The average molecular weight is 358 g/mol. The van der Waals surface area contributed by atoms with Gasteiger partial charge < -0.3 is 19.9 Å². The third-order valence-electron chi connectivity index (χ3n) is 3.89. The number of nitrogens with zero attached hydrogens (tertiary/aromatic N) is 3. The lowest BCUT2D eigenvalue weighted by Gasteiger charge is -2.33. The van der Waals surface area contributed by atoms with Crippen LogP contribution in [0.3, 0.4) is 0 Å². The van der Waals surface area contributed by atoms with Gasteiger partial charge in [0.15, 0.2) is 0 Å². The highest BCUT2D eigenvalue weighted by Crippen LogP contribution is 2.20. The quantitative estimate of drug-likeness (QED) is 0.700. The van der Waals surface area contributed by atoms with Crippen LogP contribution in [0.15, 0.2) is 17.2 Å². The van der Waals surface area contributed by atoms with E-state index in [1.807, 2.05) is 0 Å². The molecule has 1 aliphatic heterocycles. The molecule has 0 saturated carbocycles. The second-order valence-corrected chi connectivity index (χ2v) is 7.40. The lowest BCUT2D eigenvalue weighted by atomic mass is 10.3. The number of amides is 2. The molecule has 2 amide bonds. The van der Waals surface area contributed by atoms with Gasteiger partial charge in [-0.3, -0.25) is 9.59 Å². The largest absolute Gasteiger partial charge is 0.372 e. The number of rotatable bonds is 6.